The summed E-state index contributed by atoms with van der Waals surface area (Å²) in [6.45, 7) is 3.31. The van der Waals surface area contributed by atoms with Crippen LogP contribution < -0.4 is 10.2 Å². The smallest absolute Gasteiger partial charge is 0.277 e. The highest BCUT2D eigenvalue weighted by Crippen LogP contribution is 2.22. The van der Waals surface area contributed by atoms with Gasteiger partial charge in [-0.25, -0.2) is 18.4 Å². The summed E-state index contributed by atoms with van der Waals surface area (Å²) in [5.74, 6) is 0.583. The van der Waals surface area contributed by atoms with Gasteiger partial charge in [0.05, 0.1) is 16.8 Å². The van der Waals surface area contributed by atoms with E-state index in [1.165, 1.54) is 15.6 Å². The Morgan fingerprint density at radius 1 is 1.13 bits per heavy atom. The van der Waals surface area contributed by atoms with Gasteiger partial charge >= 0.3 is 0 Å². The fourth-order valence-electron chi connectivity index (χ4n) is 3.13. The number of anilines is 2. The Labute approximate surface area is 178 Å². The van der Waals surface area contributed by atoms with Crippen LogP contribution in [0.4, 0.5) is 11.6 Å². The number of amides is 1. The van der Waals surface area contributed by atoms with E-state index in [0.717, 1.165) is 0 Å². The molecule has 1 aliphatic rings. The summed E-state index contributed by atoms with van der Waals surface area (Å²) in [6, 6.07) is 6.85. The molecule has 0 bridgehead atoms. The monoisotopic (exact) mass is 444 g/mol. The molecule has 0 unspecified atom stereocenters. The number of hydrogen-bond donors (Lipinski definition) is 1. The zero-order valence-electron chi connectivity index (χ0n) is 16.2. The summed E-state index contributed by atoms with van der Waals surface area (Å²) < 4.78 is 26.8. The molecule has 3 aromatic rings. The maximum absolute atomic E-state index is 12.7. The summed E-state index contributed by atoms with van der Waals surface area (Å²) in [7, 11) is -3.48. The lowest BCUT2D eigenvalue weighted by Gasteiger charge is -2.34. The quantitative estimate of drug-likeness (QED) is 0.641. The molecule has 156 valence electrons. The van der Waals surface area contributed by atoms with Crippen LogP contribution in [0, 0.1) is 6.92 Å². The standard InChI is InChI=1S/C19H20N6O3S2/c1-14-18(19(26)22-16-4-2-3-6-20-16)23-17(12-21-14)24-7-9-25(10-8-24)30(27,28)15-5-11-29-13-15/h2-6,11-13H,7-10H2,1H3,(H,20,22,26). The van der Waals surface area contributed by atoms with Crippen molar-refractivity contribution in [2.75, 3.05) is 36.4 Å². The maximum atomic E-state index is 12.7. The van der Waals surface area contributed by atoms with Crippen LogP contribution in [0.1, 0.15) is 16.2 Å². The molecule has 4 rings (SSSR count). The SMILES string of the molecule is Cc1ncc(N2CCN(S(=O)(=O)c3ccsc3)CC2)nc1C(=O)Nc1ccccn1. The van der Waals surface area contributed by atoms with E-state index in [9.17, 15) is 13.2 Å². The molecule has 4 heterocycles. The third kappa shape index (κ3) is 4.18. The van der Waals surface area contributed by atoms with Gasteiger partial charge < -0.3 is 10.2 Å². The fourth-order valence-corrected chi connectivity index (χ4v) is 5.56. The van der Waals surface area contributed by atoms with Crippen LogP contribution in [-0.4, -0.2) is 59.8 Å². The first-order valence-corrected chi connectivity index (χ1v) is 11.7. The average molecular weight is 445 g/mol. The van der Waals surface area contributed by atoms with Gasteiger partial charge in [-0.05, 0) is 30.5 Å². The number of aryl methyl sites for hydroxylation is 1. The van der Waals surface area contributed by atoms with E-state index < -0.39 is 10.0 Å². The van der Waals surface area contributed by atoms with Gasteiger partial charge in [0, 0.05) is 37.8 Å². The average Bonchev–Trinajstić information content (AvgIpc) is 3.31. The first-order valence-electron chi connectivity index (χ1n) is 9.28. The number of pyridine rings is 1. The fraction of sp³-hybridized carbons (Fsp3) is 0.263. The highest BCUT2D eigenvalue weighted by molar-refractivity contribution is 7.89. The second-order valence-corrected chi connectivity index (χ2v) is 9.40. The lowest BCUT2D eigenvalue weighted by Crippen LogP contribution is -2.49. The Kier molecular flexibility index (Phi) is 5.75. The van der Waals surface area contributed by atoms with Gasteiger partial charge in [-0.1, -0.05) is 6.07 Å². The van der Waals surface area contributed by atoms with Crippen LogP contribution in [0.2, 0.25) is 0 Å². The van der Waals surface area contributed by atoms with Crippen LogP contribution in [0.5, 0.6) is 0 Å². The largest absolute Gasteiger partial charge is 0.353 e. The predicted molar refractivity (Wildman–Crippen MR) is 114 cm³/mol. The van der Waals surface area contributed by atoms with E-state index in [2.05, 4.69) is 20.3 Å². The van der Waals surface area contributed by atoms with E-state index in [0.29, 0.717) is 48.4 Å². The Morgan fingerprint density at radius 3 is 2.60 bits per heavy atom. The van der Waals surface area contributed by atoms with Crippen molar-refractivity contribution in [3.63, 3.8) is 0 Å². The second kappa shape index (κ2) is 8.46. The molecule has 0 atom stereocenters. The van der Waals surface area contributed by atoms with Crippen LogP contribution in [0.25, 0.3) is 0 Å². The predicted octanol–water partition coefficient (Wildman–Crippen LogP) is 2.00. The molecule has 0 radical (unpaired) electrons. The van der Waals surface area contributed by atoms with Gasteiger partial charge in [-0.15, -0.1) is 0 Å². The molecule has 3 aromatic heterocycles. The van der Waals surface area contributed by atoms with E-state index in [1.54, 1.807) is 54.3 Å². The molecule has 1 aliphatic heterocycles. The van der Waals surface area contributed by atoms with Crippen molar-refractivity contribution in [2.45, 2.75) is 11.8 Å². The van der Waals surface area contributed by atoms with Gasteiger partial charge in [0.2, 0.25) is 10.0 Å². The second-order valence-electron chi connectivity index (χ2n) is 6.68. The minimum absolute atomic E-state index is 0.214. The van der Waals surface area contributed by atoms with Crippen molar-refractivity contribution in [3.8, 4) is 0 Å². The maximum Gasteiger partial charge on any atom is 0.277 e. The van der Waals surface area contributed by atoms with E-state index in [4.69, 9.17) is 0 Å². The van der Waals surface area contributed by atoms with Crippen molar-refractivity contribution in [1.82, 2.24) is 19.3 Å². The van der Waals surface area contributed by atoms with Crippen LogP contribution in [-0.2, 0) is 10.0 Å². The Morgan fingerprint density at radius 2 is 1.93 bits per heavy atom. The van der Waals surface area contributed by atoms with Gasteiger partial charge in [-0.3, -0.25) is 9.78 Å². The first kappa shape index (κ1) is 20.4. The Bertz CT molecular complexity index is 1130. The number of thiophene rings is 1. The minimum atomic E-state index is -3.48. The van der Waals surface area contributed by atoms with E-state index >= 15 is 0 Å². The summed E-state index contributed by atoms with van der Waals surface area (Å²) >= 11 is 1.36. The molecule has 9 nitrogen and oxygen atoms in total. The van der Waals surface area contributed by atoms with Gasteiger partial charge in [-0.2, -0.15) is 15.6 Å². The summed E-state index contributed by atoms with van der Waals surface area (Å²) in [6.07, 6.45) is 3.20. The molecule has 1 N–H and O–H groups in total. The molecule has 0 saturated carbocycles. The highest BCUT2D eigenvalue weighted by Gasteiger charge is 2.29. The van der Waals surface area contributed by atoms with Crippen molar-refractivity contribution in [3.05, 3.63) is 58.8 Å². The van der Waals surface area contributed by atoms with Crippen molar-refractivity contribution in [2.24, 2.45) is 0 Å². The number of sulfonamides is 1. The Hall–Kier alpha value is -2.89. The molecule has 1 fully saturated rings. The Balaban J connectivity index is 1.47. The molecule has 1 amide bonds. The molecule has 0 aliphatic carbocycles. The van der Waals surface area contributed by atoms with Crippen LogP contribution in [0.15, 0.2) is 52.3 Å². The normalized spacial score (nSPS) is 15.2. The molecule has 0 spiro atoms. The number of carbonyl (C=O) groups is 1. The summed E-state index contributed by atoms with van der Waals surface area (Å²) in [4.78, 5) is 27.8. The zero-order valence-corrected chi connectivity index (χ0v) is 17.9. The van der Waals surface area contributed by atoms with Crippen molar-refractivity contribution < 1.29 is 13.2 Å². The molecule has 11 heteroatoms. The van der Waals surface area contributed by atoms with Crippen LogP contribution >= 0.6 is 11.3 Å². The number of carbonyl (C=O) groups excluding carboxylic acids is 1. The lowest BCUT2D eigenvalue weighted by molar-refractivity contribution is 0.102. The highest BCUT2D eigenvalue weighted by atomic mass is 32.2. The van der Waals surface area contributed by atoms with E-state index in [-0.39, 0.29) is 11.6 Å². The number of aromatic nitrogens is 3. The minimum Gasteiger partial charge on any atom is -0.353 e. The number of hydrogen-bond acceptors (Lipinski definition) is 8. The van der Waals surface area contributed by atoms with Gasteiger partial charge in [0.15, 0.2) is 5.69 Å². The topological polar surface area (TPSA) is 108 Å². The molecular formula is C19H20N6O3S2. The molecule has 1 saturated heterocycles. The number of rotatable bonds is 5. The third-order valence-electron chi connectivity index (χ3n) is 4.76. The van der Waals surface area contributed by atoms with Crippen molar-refractivity contribution in [1.29, 1.82) is 0 Å². The number of nitrogens with zero attached hydrogens (tertiary/aromatic N) is 5. The lowest BCUT2D eigenvalue weighted by atomic mass is 10.3. The molecule has 30 heavy (non-hydrogen) atoms. The zero-order chi connectivity index (χ0) is 21.1. The van der Waals surface area contributed by atoms with Gasteiger partial charge in [0.25, 0.3) is 5.91 Å². The number of nitrogens with one attached hydrogen (secondary N) is 1. The molecule has 0 aromatic carbocycles. The first-order chi connectivity index (χ1) is 14.4. The van der Waals surface area contributed by atoms with Crippen LogP contribution in [0.3, 0.4) is 0 Å². The van der Waals surface area contributed by atoms with Gasteiger partial charge in [0.1, 0.15) is 11.6 Å². The van der Waals surface area contributed by atoms with Crippen molar-refractivity contribution >= 4 is 38.9 Å². The van der Waals surface area contributed by atoms with E-state index in [1.807, 2.05) is 4.90 Å². The molecular weight excluding hydrogens is 424 g/mol. The number of piperazine rings is 1. The summed E-state index contributed by atoms with van der Waals surface area (Å²) in [5.41, 5.74) is 0.720. The third-order valence-corrected chi connectivity index (χ3v) is 7.49. The summed E-state index contributed by atoms with van der Waals surface area (Å²) in [5, 5.41) is 6.11.